The Kier molecular flexibility index (Phi) is 7.41. The maximum absolute atomic E-state index is 13.1. The van der Waals surface area contributed by atoms with Crippen LogP contribution in [0.2, 0.25) is 0 Å². The highest BCUT2D eigenvalue weighted by atomic mass is 16.5. The molecule has 3 aliphatic rings. The van der Waals surface area contributed by atoms with Crippen molar-refractivity contribution >= 4 is 17.6 Å². The van der Waals surface area contributed by atoms with Gasteiger partial charge in [0.25, 0.3) is 11.8 Å². The number of nitrogens with one attached hydrogen (secondary N) is 3. The molecular formula is C28H37N5O3. The number of carbonyl (C=O) groups is 2. The van der Waals surface area contributed by atoms with E-state index in [0.29, 0.717) is 35.5 Å². The summed E-state index contributed by atoms with van der Waals surface area (Å²) in [6.45, 7) is 5.45. The van der Waals surface area contributed by atoms with Gasteiger partial charge in [-0.05, 0) is 88.2 Å². The molecule has 1 aromatic carbocycles. The lowest BCUT2D eigenvalue weighted by atomic mass is 9.76. The Bertz CT molecular complexity index is 1080. The van der Waals surface area contributed by atoms with Crippen LogP contribution in [0.3, 0.4) is 0 Å². The smallest absolute Gasteiger partial charge is 0.252 e. The third-order valence-electron chi connectivity index (χ3n) is 8.19. The zero-order valence-corrected chi connectivity index (χ0v) is 21.3. The van der Waals surface area contributed by atoms with Gasteiger partial charge < -0.3 is 25.6 Å². The van der Waals surface area contributed by atoms with Crippen LogP contribution in [0.5, 0.6) is 5.75 Å². The van der Waals surface area contributed by atoms with Crippen LogP contribution in [0.25, 0.3) is 0 Å². The molecule has 0 radical (unpaired) electrons. The highest BCUT2D eigenvalue weighted by Crippen LogP contribution is 2.40. The molecule has 1 aromatic heterocycles. The lowest BCUT2D eigenvalue weighted by Crippen LogP contribution is -2.47. The molecule has 1 saturated carbocycles. The number of pyridine rings is 1. The van der Waals surface area contributed by atoms with Crippen LogP contribution in [-0.2, 0) is 0 Å². The van der Waals surface area contributed by atoms with Crippen LogP contribution in [-0.4, -0.2) is 62.2 Å². The topological polar surface area (TPSA) is 95.6 Å². The maximum Gasteiger partial charge on any atom is 0.252 e. The quantitative estimate of drug-likeness (QED) is 0.551. The molecule has 2 saturated heterocycles. The zero-order valence-electron chi connectivity index (χ0n) is 21.3. The van der Waals surface area contributed by atoms with Crippen LogP contribution < -0.4 is 25.6 Å². The van der Waals surface area contributed by atoms with Gasteiger partial charge in [-0.25, -0.2) is 4.98 Å². The van der Waals surface area contributed by atoms with Gasteiger partial charge in [0.05, 0.1) is 12.7 Å². The molecule has 8 heteroatoms. The van der Waals surface area contributed by atoms with Crippen molar-refractivity contribution < 1.29 is 14.3 Å². The Labute approximate surface area is 213 Å². The molecule has 2 aliphatic heterocycles. The molecule has 0 spiro atoms. The number of aromatic nitrogens is 1. The number of benzene rings is 1. The number of rotatable bonds is 7. The van der Waals surface area contributed by atoms with Gasteiger partial charge in [-0.1, -0.05) is 6.07 Å². The van der Waals surface area contributed by atoms with Crippen LogP contribution in [0, 0.1) is 18.8 Å². The minimum absolute atomic E-state index is 0.0393. The molecule has 5 rings (SSSR count). The number of anilines is 1. The van der Waals surface area contributed by atoms with E-state index in [-0.39, 0.29) is 17.9 Å². The summed E-state index contributed by atoms with van der Waals surface area (Å²) < 4.78 is 5.39. The van der Waals surface area contributed by atoms with E-state index in [0.717, 1.165) is 62.4 Å². The average Bonchev–Trinajstić information content (AvgIpc) is 3.37. The van der Waals surface area contributed by atoms with Gasteiger partial charge >= 0.3 is 0 Å². The third-order valence-corrected chi connectivity index (χ3v) is 8.19. The Hall–Kier alpha value is -3.13. The Balaban J connectivity index is 1.21. The van der Waals surface area contributed by atoms with Crippen molar-refractivity contribution in [2.45, 2.75) is 51.1 Å². The van der Waals surface area contributed by atoms with Crippen molar-refractivity contribution in [1.29, 1.82) is 0 Å². The number of amides is 2. The van der Waals surface area contributed by atoms with Crippen molar-refractivity contribution in [2.24, 2.45) is 11.8 Å². The predicted octanol–water partition coefficient (Wildman–Crippen LogP) is 2.92. The van der Waals surface area contributed by atoms with Crippen molar-refractivity contribution in [2.75, 3.05) is 38.2 Å². The first-order chi connectivity index (χ1) is 17.5. The molecule has 4 atom stereocenters. The van der Waals surface area contributed by atoms with Gasteiger partial charge in [0.2, 0.25) is 0 Å². The largest absolute Gasteiger partial charge is 0.496 e. The van der Waals surface area contributed by atoms with Gasteiger partial charge in [-0.2, -0.15) is 0 Å². The molecule has 4 unspecified atom stereocenters. The van der Waals surface area contributed by atoms with E-state index < -0.39 is 0 Å². The van der Waals surface area contributed by atoms with E-state index >= 15 is 0 Å². The lowest BCUT2D eigenvalue weighted by molar-refractivity contribution is 0.0922. The van der Waals surface area contributed by atoms with Gasteiger partial charge in [0.1, 0.15) is 11.6 Å². The summed E-state index contributed by atoms with van der Waals surface area (Å²) in [6, 6.07) is 10.0. The second kappa shape index (κ2) is 10.9. The number of carbonyl (C=O) groups excluding carboxylic acids is 2. The molecule has 0 bridgehead atoms. The molecule has 36 heavy (non-hydrogen) atoms. The molecular weight excluding hydrogens is 454 g/mol. The molecule has 8 nitrogen and oxygen atoms in total. The van der Waals surface area contributed by atoms with Gasteiger partial charge in [-0.3, -0.25) is 9.59 Å². The number of ether oxygens (including phenoxy) is 1. The fraction of sp³-hybridized carbons (Fsp3) is 0.536. The summed E-state index contributed by atoms with van der Waals surface area (Å²) in [5, 5.41) is 9.66. The molecule has 3 N–H and O–H groups in total. The average molecular weight is 492 g/mol. The number of methoxy groups -OCH3 is 1. The van der Waals surface area contributed by atoms with Gasteiger partial charge in [0.15, 0.2) is 0 Å². The SMILES string of the molecule is COc1cccc(C(=O)NC2CCN(c3ccc(C(=O)NCC4CCNC4)cn3)C3CCC3C2)c1C. The normalized spacial score (nSPS) is 25.3. The fourth-order valence-electron chi connectivity index (χ4n) is 5.86. The molecule has 3 heterocycles. The summed E-state index contributed by atoms with van der Waals surface area (Å²) in [6.07, 6.45) is 6.95. The monoisotopic (exact) mass is 491 g/mol. The van der Waals surface area contributed by atoms with Crippen molar-refractivity contribution in [3.8, 4) is 5.75 Å². The summed E-state index contributed by atoms with van der Waals surface area (Å²) >= 11 is 0. The maximum atomic E-state index is 13.1. The van der Waals surface area contributed by atoms with E-state index in [2.05, 4.69) is 25.8 Å². The summed E-state index contributed by atoms with van der Waals surface area (Å²) in [4.78, 5) is 32.7. The third kappa shape index (κ3) is 5.19. The fourth-order valence-corrected chi connectivity index (χ4v) is 5.86. The highest BCUT2D eigenvalue weighted by Gasteiger charge is 2.40. The van der Waals surface area contributed by atoms with Crippen molar-refractivity contribution in [1.82, 2.24) is 20.9 Å². The van der Waals surface area contributed by atoms with E-state index in [4.69, 9.17) is 4.74 Å². The molecule has 3 fully saturated rings. The van der Waals surface area contributed by atoms with Crippen LogP contribution in [0.4, 0.5) is 5.82 Å². The molecule has 1 aliphatic carbocycles. The van der Waals surface area contributed by atoms with Crippen LogP contribution in [0.15, 0.2) is 36.5 Å². The highest BCUT2D eigenvalue weighted by molar-refractivity contribution is 5.96. The number of hydrogen-bond donors (Lipinski definition) is 3. The van der Waals surface area contributed by atoms with Crippen molar-refractivity contribution in [3.05, 3.63) is 53.2 Å². The Morgan fingerprint density at radius 1 is 1.14 bits per heavy atom. The first-order valence-corrected chi connectivity index (χ1v) is 13.2. The Morgan fingerprint density at radius 2 is 2.03 bits per heavy atom. The van der Waals surface area contributed by atoms with E-state index in [1.54, 1.807) is 13.3 Å². The van der Waals surface area contributed by atoms with E-state index in [1.165, 1.54) is 6.42 Å². The number of nitrogens with zero attached hydrogens (tertiary/aromatic N) is 2. The Morgan fingerprint density at radius 3 is 2.72 bits per heavy atom. The first-order valence-electron chi connectivity index (χ1n) is 13.2. The molecule has 2 aromatic rings. The van der Waals surface area contributed by atoms with Gasteiger partial charge in [-0.15, -0.1) is 0 Å². The molecule has 192 valence electrons. The number of hydrogen-bond acceptors (Lipinski definition) is 6. The second-order valence-electron chi connectivity index (χ2n) is 10.4. The summed E-state index contributed by atoms with van der Waals surface area (Å²) in [5.74, 6) is 2.59. The summed E-state index contributed by atoms with van der Waals surface area (Å²) in [7, 11) is 1.63. The molecule has 2 amide bonds. The predicted molar refractivity (Wildman–Crippen MR) is 140 cm³/mol. The van der Waals surface area contributed by atoms with E-state index in [1.807, 2.05) is 37.3 Å². The summed E-state index contributed by atoms with van der Waals surface area (Å²) in [5.41, 5.74) is 2.13. The van der Waals surface area contributed by atoms with Crippen molar-refractivity contribution in [3.63, 3.8) is 0 Å². The standard InChI is InChI=1S/C28H37N5O3/c1-18-23(4-3-5-25(18)36-2)28(35)32-22-11-13-33(24-8-6-20(24)14-22)26-9-7-21(17-30-26)27(34)31-16-19-10-12-29-15-19/h3-5,7,9,17,19-20,22,24,29H,6,8,10-16H2,1-2H3,(H,31,34)(H,32,35). The van der Waals surface area contributed by atoms with E-state index in [9.17, 15) is 9.59 Å². The minimum Gasteiger partial charge on any atom is -0.496 e. The number of fused-ring (bicyclic) bond motifs is 1. The second-order valence-corrected chi connectivity index (χ2v) is 10.4. The minimum atomic E-state index is -0.0612. The first kappa shape index (κ1) is 24.6. The zero-order chi connectivity index (χ0) is 25.1. The van der Waals surface area contributed by atoms with Crippen LogP contribution >= 0.6 is 0 Å². The van der Waals surface area contributed by atoms with Crippen LogP contribution in [0.1, 0.15) is 58.4 Å². The van der Waals surface area contributed by atoms with Gasteiger partial charge in [0, 0.05) is 42.5 Å². The lowest BCUT2D eigenvalue weighted by Gasteiger charge is -2.43.